The summed E-state index contributed by atoms with van der Waals surface area (Å²) in [6.07, 6.45) is 1.74. The fourth-order valence-electron chi connectivity index (χ4n) is 0.976. The average molecular weight is 262 g/mol. The van der Waals surface area contributed by atoms with Crippen LogP contribution in [0, 0.1) is 0 Å². The van der Waals surface area contributed by atoms with Gasteiger partial charge in [-0.1, -0.05) is 31.4 Å². The molecule has 0 saturated heterocycles. The van der Waals surface area contributed by atoms with Crippen molar-refractivity contribution in [1.29, 1.82) is 0 Å². The average Bonchev–Trinajstić information content (AvgIpc) is 2.28. The number of aromatic hydroxyl groups is 1. The SMILES string of the molecule is C=C(C)C(=O)OC(C)(C)C.C=Cc1ccc(O)cc1. The summed E-state index contributed by atoms with van der Waals surface area (Å²) >= 11 is 0. The van der Waals surface area contributed by atoms with Crippen LogP contribution >= 0.6 is 0 Å². The van der Waals surface area contributed by atoms with Crippen LogP contribution in [0.2, 0.25) is 0 Å². The number of hydrogen-bond acceptors (Lipinski definition) is 3. The van der Waals surface area contributed by atoms with Crippen LogP contribution in [0.1, 0.15) is 33.3 Å². The summed E-state index contributed by atoms with van der Waals surface area (Å²) in [6.45, 7) is 14.2. The zero-order chi connectivity index (χ0) is 15.1. The Morgan fingerprint density at radius 3 is 2.00 bits per heavy atom. The minimum atomic E-state index is -0.407. The van der Waals surface area contributed by atoms with Crippen LogP contribution in [-0.4, -0.2) is 16.7 Å². The number of benzene rings is 1. The van der Waals surface area contributed by atoms with Crippen molar-refractivity contribution < 1.29 is 14.6 Å². The summed E-state index contributed by atoms with van der Waals surface area (Å²) in [6, 6.07) is 6.89. The monoisotopic (exact) mass is 262 g/mol. The smallest absolute Gasteiger partial charge is 0.333 e. The summed E-state index contributed by atoms with van der Waals surface area (Å²) in [4.78, 5) is 10.8. The number of carbonyl (C=O) groups excluding carboxylic acids is 1. The van der Waals surface area contributed by atoms with Crippen LogP contribution in [0.3, 0.4) is 0 Å². The van der Waals surface area contributed by atoms with Gasteiger partial charge < -0.3 is 9.84 Å². The maximum absolute atomic E-state index is 10.8. The van der Waals surface area contributed by atoms with E-state index in [-0.39, 0.29) is 5.97 Å². The van der Waals surface area contributed by atoms with Gasteiger partial charge in [-0.15, -0.1) is 0 Å². The second-order valence-electron chi connectivity index (χ2n) is 5.08. The highest BCUT2D eigenvalue weighted by Crippen LogP contribution is 2.10. The maximum Gasteiger partial charge on any atom is 0.333 e. The van der Waals surface area contributed by atoms with Gasteiger partial charge in [0.05, 0.1) is 0 Å². The number of phenolic OH excluding ortho intramolecular Hbond substituents is 1. The Kier molecular flexibility index (Phi) is 6.62. The first-order valence-corrected chi connectivity index (χ1v) is 5.96. The van der Waals surface area contributed by atoms with Gasteiger partial charge in [0.2, 0.25) is 0 Å². The molecule has 0 radical (unpaired) electrons. The third kappa shape index (κ3) is 8.66. The molecular weight excluding hydrogens is 240 g/mol. The zero-order valence-electron chi connectivity index (χ0n) is 12.1. The van der Waals surface area contributed by atoms with Crippen molar-refractivity contribution >= 4 is 12.0 Å². The Labute approximate surface area is 115 Å². The number of phenols is 1. The van der Waals surface area contributed by atoms with Gasteiger partial charge in [0, 0.05) is 5.57 Å². The van der Waals surface area contributed by atoms with Gasteiger partial charge in [-0.3, -0.25) is 0 Å². The summed E-state index contributed by atoms with van der Waals surface area (Å²) in [5.74, 6) is -0.0342. The van der Waals surface area contributed by atoms with Crippen molar-refractivity contribution in [2.45, 2.75) is 33.3 Å². The van der Waals surface area contributed by atoms with Gasteiger partial charge in [-0.05, 0) is 45.4 Å². The number of esters is 1. The van der Waals surface area contributed by atoms with E-state index in [1.807, 2.05) is 32.9 Å². The molecule has 1 N–H and O–H groups in total. The minimum absolute atomic E-state index is 0.292. The fourth-order valence-corrected chi connectivity index (χ4v) is 0.976. The van der Waals surface area contributed by atoms with Gasteiger partial charge in [-0.2, -0.15) is 0 Å². The van der Waals surface area contributed by atoms with Crippen LogP contribution in [0.4, 0.5) is 0 Å². The summed E-state index contributed by atoms with van der Waals surface area (Å²) in [5, 5.41) is 8.82. The van der Waals surface area contributed by atoms with Gasteiger partial charge >= 0.3 is 5.97 Å². The van der Waals surface area contributed by atoms with E-state index in [0.29, 0.717) is 11.3 Å². The molecule has 0 aromatic heterocycles. The molecule has 0 spiro atoms. The van der Waals surface area contributed by atoms with Crippen molar-refractivity contribution in [2.75, 3.05) is 0 Å². The van der Waals surface area contributed by atoms with E-state index in [2.05, 4.69) is 13.2 Å². The van der Waals surface area contributed by atoms with Gasteiger partial charge in [0.15, 0.2) is 0 Å². The highest BCUT2D eigenvalue weighted by molar-refractivity contribution is 5.87. The van der Waals surface area contributed by atoms with E-state index >= 15 is 0 Å². The first-order chi connectivity index (χ1) is 8.65. The summed E-state index contributed by atoms with van der Waals surface area (Å²) in [7, 11) is 0. The predicted octanol–water partition coefficient (Wildman–Crippen LogP) is 3.94. The summed E-state index contributed by atoms with van der Waals surface area (Å²) < 4.78 is 4.96. The highest BCUT2D eigenvalue weighted by atomic mass is 16.6. The lowest BCUT2D eigenvalue weighted by Gasteiger charge is -2.19. The number of ether oxygens (including phenoxy) is 1. The van der Waals surface area contributed by atoms with Crippen molar-refractivity contribution in [1.82, 2.24) is 0 Å². The Bertz CT molecular complexity index is 436. The van der Waals surface area contributed by atoms with E-state index in [1.165, 1.54) is 0 Å². The first kappa shape index (κ1) is 17.0. The minimum Gasteiger partial charge on any atom is -0.508 e. The van der Waals surface area contributed by atoms with Crippen molar-refractivity contribution in [3.8, 4) is 5.75 Å². The molecule has 0 heterocycles. The molecule has 1 aromatic carbocycles. The molecule has 0 amide bonds. The highest BCUT2D eigenvalue weighted by Gasteiger charge is 2.15. The van der Waals surface area contributed by atoms with E-state index in [0.717, 1.165) is 5.56 Å². The molecule has 0 unspecified atom stereocenters. The van der Waals surface area contributed by atoms with Crippen LogP contribution in [0.15, 0.2) is 43.0 Å². The number of rotatable bonds is 2. The molecule has 0 aliphatic carbocycles. The van der Waals surface area contributed by atoms with Crippen LogP contribution in [0.5, 0.6) is 5.75 Å². The van der Waals surface area contributed by atoms with E-state index in [9.17, 15) is 4.79 Å². The van der Waals surface area contributed by atoms with Crippen LogP contribution in [-0.2, 0) is 9.53 Å². The van der Waals surface area contributed by atoms with Gasteiger partial charge in [-0.25, -0.2) is 4.79 Å². The molecule has 3 nitrogen and oxygen atoms in total. The number of hydrogen-bond donors (Lipinski definition) is 1. The van der Waals surface area contributed by atoms with Crippen molar-refractivity contribution in [3.05, 3.63) is 48.6 Å². The number of carbonyl (C=O) groups is 1. The zero-order valence-corrected chi connectivity index (χ0v) is 12.1. The molecule has 0 bridgehead atoms. The Hall–Kier alpha value is -2.03. The predicted molar refractivity (Wildman–Crippen MR) is 78.9 cm³/mol. The molecule has 1 aromatic rings. The van der Waals surface area contributed by atoms with Crippen molar-refractivity contribution in [3.63, 3.8) is 0 Å². The maximum atomic E-state index is 10.8. The van der Waals surface area contributed by atoms with E-state index in [4.69, 9.17) is 9.84 Å². The van der Waals surface area contributed by atoms with Crippen LogP contribution in [0.25, 0.3) is 6.08 Å². The van der Waals surface area contributed by atoms with Crippen molar-refractivity contribution in [2.24, 2.45) is 0 Å². The molecule has 104 valence electrons. The van der Waals surface area contributed by atoms with Crippen LogP contribution < -0.4 is 0 Å². The first-order valence-electron chi connectivity index (χ1n) is 5.96. The lowest BCUT2D eigenvalue weighted by Crippen LogP contribution is -2.23. The second kappa shape index (κ2) is 7.41. The fraction of sp³-hybridized carbons (Fsp3) is 0.312. The largest absolute Gasteiger partial charge is 0.508 e. The quantitative estimate of drug-likeness (QED) is 0.648. The topological polar surface area (TPSA) is 46.5 Å². The third-order valence-electron chi connectivity index (χ3n) is 1.88. The van der Waals surface area contributed by atoms with Gasteiger partial charge in [0.1, 0.15) is 11.4 Å². The Morgan fingerprint density at radius 1 is 1.26 bits per heavy atom. The standard InChI is InChI=1S/C8H14O2.C8H8O/c1-6(2)7(9)10-8(3,4)5;1-2-7-3-5-8(9)6-4-7/h1H2,2-5H3;2-6,9H,1H2. The second-order valence-corrected chi connectivity index (χ2v) is 5.08. The molecule has 3 heteroatoms. The normalized spacial score (nSPS) is 9.89. The molecule has 0 fully saturated rings. The molecule has 0 aliphatic heterocycles. The molecule has 0 aliphatic rings. The molecule has 1 rings (SSSR count). The van der Waals surface area contributed by atoms with E-state index < -0.39 is 5.60 Å². The molecular formula is C16H22O3. The van der Waals surface area contributed by atoms with E-state index in [1.54, 1.807) is 25.1 Å². The third-order valence-corrected chi connectivity index (χ3v) is 1.88. The Morgan fingerprint density at radius 2 is 1.74 bits per heavy atom. The lowest BCUT2D eigenvalue weighted by atomic mass is 10.2. The molecule has 19 heavy (non-hydrogen) atoms. The summed E-state index contributed by atoms with van der Waals surface area (Å²) in [5.41, 5.74) is 1.05. The van der Waals surface area contributed by atoms with Gasteiger partial charge in [0.25, 0.3) is 0 Å². The lowest BCUT2D eigenvalue weighted by molar-refractivity contribution is -0.149. The molecule has 0 saturated carbocycles. The molecule has 0 atom stereocenters. The Balaban J connectivity index is 0.000000342.